The number of aromatic nitrogens is 3. The van der Waals surface area contributed by atoms with E-state index in [1.807, 2.05) is 38.1 Å². The van der Waals surface area contributed by atoms with Crippen molar-refractivity contribution in [2.24, 2.45) is 0 Å². The number of aryl methyl sites for hydroxylation is 2. The zero-order valence-corrected chi connectivity index (χ0v) is 19.4. The first-order valence-electron chi connectivity index (χ1n) is 10.5. The van der Waals surface area contributed by atoms with E-state index in [2.05, 4.69) is 25.6 Å². The Morgan fingerprint density at radius 3 is 2.62 bits per heavy atom. The van der Waals surface area contributed by atoms with Crippen molar-refractivity contribution >= 4 is 34.3 Å². The quantitative estimate of drug-likeness (QED) is 0.379. The Labute approximate surface area is 199 Å². The number of nitrogens with zero attached hydrogens (tertiary/aromatic N) is 3. The molecule has 9 heteroatoms. The van der Waals surface area contributed by atoms with Crippen molar-refractivity contribution < 1.29 is 13.6 Å². The Balaban J connectivity index is 1.53. The van der Waals surface area contributed by atoms with Gasteiger partial charge in [0.15, 0.2) is 0 Å². The Bertz CT molecular complexity index is 1360. The highest BCUT2D eigenvalue weighted by molar-refractivity contribution is 7.78. The molecule has 8 nitrogen and oxygen atoms in total. The summed E-state index contributed by atoms with van der Waals surface area (Å²) in [7, 11) is 0. The van der Waals surface area contributed by atoms with Gasteiger partial charge in [0.05, 0.1) is 5.69 Å². The van der Waals surface area contributed by atoms with Gasteiger partial charge in [0.25, 0.3) is 5.91 Å². The highest BCUT2D eigenvalue weighted by Gasteiger charge is 2.11. The molecule has 1 unspecified atom stereocenters. The second-order valence-corrected chi connectivity index (χ2v) is 8.60. The first-order chi connectivity index (χ1) is 16.4. The Morgan fingerprint density at radius 1 is 1.03 bits per heavy atom. The van der Waals surface area contributed by atoms with Crippen molar-refractivity contribution in [1.82, 2.24) is 15.0 Å². The van der Waals surface area contributed by atoms with E-state index in [-0.39, 0.29) is 11.7 Å². The molecule has 1 atom stereocenters. The van der Waals surface area contributed by atoms with E-state index in [4.69, 9.17) is 0 Å². The molecule has 4 rings (SSSR count). The number of benzene rings is 2. The summed E-state index contributed by atoms with van der Waals surface area (Å²) in [5, 5.41) is 6.08. The molecule has 0 aliphatic carbocycles. The van der Waals surface area contributed by atoms with Crippen molar-refractivity contribution in [2.45, 2.75) is 19.6 Å². The minimum atomic E-state index is -2.23. The van der Waals surface area contributed by atoms with Crippen LogP contribution in [0.2, 0.25) is 0 Å². The lowest BCUT2D eigenvalue weighted by Crippen LogP contribution is -2.13. The number of carbonyl (C=O) groups excluding carboxylic acids is 1. The van der Waals surface area contributed by atoms with E-state index in [1.54, 1.807) is 48.9 Å². The summed E-state index contributed by atoms with van der Waals surface area (Å²) in [5.74, 6) is -0.0480. The van der Waals surface area contributed by atoms with Crippen molar-refractivity contribution in [1.29, 1.82) is 0 Å². The van der Waals surface area contributed by atoms with Gasteiger partial charge in [0, 0.05) is 46.8 Å². The summed E-state index contributed by atoms with van der Waals surface area (Å²) in [4.78, 5) is 25.8. The number of amides is 1. The topological polar surface area (TPSA) is 120 Å². The molecule has 0 aliphatic heterocycles. The van der Waals surface area contributed by atoms with Crippen LogP contribution in [0.3, 0.4) is 0 Å². The zero-order chi connectivity index (χ0) is 24.1. The average Bonchev–Trinajstić information content (AvgIpc) is 2.83. The van der Waals surface area contributed by atoms with Crippen LogP contribution in [0, 0.1) is 13.8 Å². The van der Waals surface area contributed by atoms with Crippen LogP contribution in [0.25, 0.3) is 11.3 Å². The van der Waals surface area contributed by atoms with Crippen molar-refractivity contribution in [2.75, 3.05) is 10.6 Å². The number of pyridine rings is 1. The fraction of sp³-hybridized carbons (Fsp3) is 0.120. The van der Waals surface area contributed by atoms with Crippen LogP contribution >= 0.6 is 0 Å². The molecule has 0 radical (unpaired) electrons. The zero-order valence-electron chi connectivity index (χ0n) is 18.6. The molecule has 2 heterocycles. The Morgan fingerprint density at radius 2 is 1.85 bits per heavy atom. The third-order valence-corrected chi connectivity index (χ3v) is 5.79. The SMILES string of the molecule is Cc1ccc(C(=O)Nc2ccc(C)c(Nc3nccc(-c4cccnc4)n3)c2)cc1CS(=O)[O-]. The molecule has 2 aromatic heterocycles. The molecule has 1 amide bonds. The minimum absolute atomic E-state index is 0.135. The number of anilines is 3. The van der Waals surface area contributed by atoms with Gasteiger partial charge < -0.3 is 15.2 Å². The fourth-order valence-corrected chi connectivity index (χ4v) is 3.91. The maximum absolute atomic E-state index is 12.8. The van der Waals surface area contributed by atoms with E-state index < -0.39 is 11.1 Å². The van der Waals surface area contributed by atoms with E-state index in [0.717, 1.165) is 28.1 Å². The summed E-state index contributed by atoms with van der Waals surface area (Å²) in [6.07, 6.45) is 5.11. The van der Waals surface area contributed by atoms with Crippen LogP contribution in [0.4, 0.5) is 17.3 Å². The maximum Gasteiger partial charge on any atom is 0.255 e. The van der Waals surface area contributed by atoms with Crippen LogP contribution < -0.4 is 10.6 Å². The number of nitrogens with one attached hydrogen (secondary N) is 2. The predicted octanol–water partition coefficient (Wildman–Crippen LogP) is 4.53. The largest absolute Gasteiger partial charge is 0.772 e. The molecule has 4 aromatic rings. The van der Waals surface area contributed by atoms with Crippen molar-refractivity contribution in [3.63, 3.8) is 0 Å². The molecule has 172 valence electrons. The number of hydrogen-bond donors (Lipinski definition) is 2. The minimum Gasteiger partial charge on any atom is -0.772 e. The molecule has 0 spiro atoms. The molecule has 2 N–H and O–H groups in total. The van der Waals surface area contributed by atoms with Crippen LogP contribution in [-0.4, -0.2) is 29.6 Å². The fourth-order valence-electron chi connectivity index (χ4n) is 3.35. The van der Waals surface area contributed by atoms with Gasteiger partial charge in [-0.2, -0.15) is 0 Å². The van der Waals surface area contributed by atoms with Crippen LogP contribution in [-0.2, 0) is 16.8 Å². The number of hydrogen-bond acceptors (Lipinski definition) is 7. The van der Waals surface area contributed by atoms with E-state index >= 15 is 0 Å². The molecule has 0 aliphatic rings. The molecular formula is C25H22N5O3S-. The maximum atomic E-state index is 12.8. The number of rotatable bonds is 7. The summed E-state index contributed by atoms with van der Waals surface area (Å²) in [6.45, 7) is 3.75. The molecule has 0 fully saturated rings. The normalized spacial score (nSPS) is 11.6. The lowest BCUT2D eigenvalue weighted by atomic mass is 10.1. The van der Waals surface area contributed by atoms with Gasteiger partial charge in [-0.05, 0) is 73.0 Å². The summed E-state index contributed by atoms with van der Waals surface area (Å²) in [6, 6.07) is 16.1. The van der Waals surface area contributed by atoms with E-state index in [0.29, 0.717) is 22.8 Å². The monoisotopic (exact) mass is 472 g/mol. The lowest BCUT2D eigenvalue weighted by Gasteiger charge is -2.13. The Kier molecular flexibility index (Phi) is 7.05. The highest BCUT2D eigenvalue weighted by atomic mass is 32.2. The summed E-state index contributed by atoms with van der Waals surface area (Å²) in [5.41, 5.74) is 5.68. The van der Waals surface area contributed by atoms with Gasteiger partial charge in [-0.15, -0.1) is 0 Å². The summed E-state index contributed by atoms with van der Waals surface area (Å²) < 4.78 is 22.2. The first kappa shape index (κ1) is 23.2. The second kappa shape index (κ2) is 10.3. The van der Waals surface area contributed by atoms with Crippen LogP contribution in [0.1, 0.15) is 27.0 Å². The van der Waals surface area contributed by atoms with Crippen LogP contribution in [0.5, 0.6) is 0 Å². The van der Waals surface area contributed by atoms with E-state index in [1.165, 1.54) is 0 Å². The van der Waals surface area contributed by atoms with Gasteiger partial charge >= 0.3 is 0 Å². The van der Waals surface area contributed by atoms with Gasteiger partial charge in [-0.1, -0.05) is 23.2 Å². The third kappa shape index (κ3) is 5.69. The molecule has 2 aromatic carbocycles. The smallest absolute Gasteiger partial charge is 0.255 e. The second-order valence-electron chi connectivity index (χ2n) is 7.71. The lowest BCUT2D eigenvalue weighted by molar-refractivity contribution is 0.102. The molecule has 0 saturated heterocycles. The highest BCUT2D eigenvalue weighted by Crippen LogP contribution is 2.25. The predicted molar refractivity (Wildman–Crippen MR) is 131 cm³/mol. The Hall–Kier alpha value is -3.95. The van der Waals surface area contributed by atoms with Gasteiger partial charge in [-0.25, -0.2) is 9.97 Å². The van der Waals surface area contributed by atoms with Gasteiger partial charge in [0.2, 0.25) is 5.95 Å². The van der Waals surface area contributed by atoms with Gasteiger partial charge in [-0.3, -0.25) is 14.0 Å². The number of carbonyl (C=O) groups is 1. The first-order valence-corrected chi connectivity index (χ1v) is 11.7. The standard InChI is InChI=1S/C25H23N5O3S/c1-16-5-7-18(12-20(16)15-34(32)33)24(31)28-21-8-6-17(2)23(13-21)30-25-27-11-9-22(29-25)19-4-3-10-26-14-19/h3-14H,15H2,1-2H3,(H,28,31)(H,32,33)(H,27,29,30)/p-1. The molecule has 0 saturated carbocycles. The molecule has 0 bridgehead atoms. The van der Waals surface area contributed by atoms with Crippen molar-refractivity contribution in [3.8, 4) is 11.3 Å². The van der Waals surface area contributed by atoms with Crippen molar-refractivity contribution in [3.05, 3.63) is 95.4 Å². The van der Waals surface area contributed by atoms with Crippen LogP contribution in [0.15, 0.2) is 73.2 Å². The van der Waals surface area contributed by atoms with Gasteiger partial charge in [0.1, 0.15) is 0 Å². The average molecular weight is 473 g/mol. The third-order valence-electron chi connectivity index (χ3n) is 5.24. The molecular weight excluding hydrogens is 450 g/mol. The molecule has 34 heavy (non-hydrogen) atoms. The van der Waals surface area contributed by atoms with E-state index in [9.17, 15) is 13.6 Å². The summed E-state index contributed by atoms with van der Waals surface area (Å²) >= 11 is -2.23.